The number of hydrogen-bond donors (Lipinski definition) is 1. The molecule has 1 unspecified atom stereocenters. The third-order valence-electron chi connectivity index (χ3n) is 3.31. The molecule has 0 amide bonds. The van der Waals surface area contributed by atoms with Gasteiger partial charge in [0, 0.05) is 17.5 Å². The predicted octanol–water partition coefficient (Wildman–Crippen LogP) is 1.15. The van der Waals surface area contributed by atoms with Crippen LogP contribution in [0.1, 0.15) is 37.9 Å². The van der Waals surface area contributed by atoms with Gasteiger partial charge in [-0.15, -0.1) is 0 Å². The third-order valence-corrected chi connectivity index (χ3v) is 3.31. The van der Waals surface area contributed by atoms with Crippen LogP contribution in [0.4, 0.5) is 5.69 Å². The van der Waals surface area contributed by atoms with E-state index in [4.69, 9.17) is 12.6 Å². The number of nitrogen functional groups attached to an aromatic ring is 1. The number of benzene rings is 1. The smallest absolute Gasteiger partial charge is 0.264 e. The van der Waals surface area contributed by atoms with E-state index in [1.807, 2.05) is 0 Å². The van der Waals surface area contributed by atoms with Crippen LogP contribution < -0.4 is 11.3 Å². The zero-order chi connectivity index (χ0) is 19.6. The normalized spacial score (nSPS) is 27.5. The van der Waals surface area contributed by atoms with Crippen molar-refractivity contribution in [3.05, 3.63) is 34.4 Å². The standard InChI is InChI=1S/C15H15N3O3/c1-8-17-11-4-2-3-10(16)14(11)15(21)18(8)12-6-5-9(19)7-13(12)20/h2-4,12H,5-7,16H2,1H3/i4D,5D2,6D2. The number of anilines is 1. The van der Waals surface area contributed by atoms with Crippen LogP contribution in [0.3, 0.4) is 0 Å². The average Bonchev–Trinajstić information content (AvgIpc) is 2.52. The first kappa shape index (κ1) is 8.71. The largest absolute Gasteiger partial charge is 0.398 e. The summed E-state index contributed by atoms with van der Waals surface area (Å²) in [6, 6.07) is 0.752. The lowest BCUT2D eigenvalue weighted by atomic mass is 9.92. The van der Waals surface area contributed by atoms with Gasteiger partial charge in [-0.2, -0.15) is 0 Å². The quantitative estimate of drug-likeness (QED) is 0.628. The molecule has 6 nitrogen and oxygen atoms in total. The number of fused-ring (bicyclic) bond motifs is 1. The number of hydrogen-bond acceptors (Lipinski definition) is 5. The number of nitrogens with zero attached hydrogens (tertiary/aromatic N) is 2. The van der Waals surface area contributed by atoms with Crippen molar-refractivity contribution >= 4 is 28.2 Å². The molecule has 0 spiro atoms. The predicted molar refractivity (Wildman–Crippen MR) is 78.1 cm³/mol. The minimum atomic E-state index is -2.96. The Morgan fingerprint density at radius 3 is 3.00 bits per heavy atom. The van der Waals surface area contributed by atoms with E-state index in [1.165, 1.54) is 19.1 Å². The highest BCUT2D eigenvalue weighted by molar-refractivity contribution is 6.03. The second-order valence-electron chi connectivity index (χ2n) is 4.73. The minimum absolute atomic E-state index is 0.00477. The van der Waals surface area contributed by atoms with Gasteiger partial charge in [-0.25, -0.2) is 4.98 Å². The van der Waals surface area contributed by atoms with Crippen LogP contribution in [-0.4, -0.2) is 21.1 Å². The van der Waals surface area contributed by atoms with Crippen molar-refractivity contribution in [1.29, 1.82) is 0 Å². The van der Waals surface area contributed by atoms with Crippen LogP contribution in [0.2, 0.25) is 0 Å². The fourth-order valence-electron chi connectivity index (χ4n) is 2.34. The highest BCUT2D eigenvalue weighted by Crippen LogP contribution is 2.24. The van der Waals surface area contributed by atoms with Gasteiger partial charge in [0.05, 0.1) is 24.7 Å². The average molecular weight is 290 g/mol. The van der Waals surface area contributed by atoms with Crippen molar-refractivity contribution in [1.82, 2.24) is 9.55 Å². The van der Waals surface area contributed by atoms with E-state index < -0.39 is 42.3 Å². The lowest BCUT2D eigenvalue weighted by Crippen LogP contribution is -2.36. The van der Waals surface area contributed by atoms with Crippen molar-refractivity contribution < 1.29 is 16.4 Å². The Morgan fingerprint density at radius 1 is 1.48 bits per heavy atom. The summed E-state index contributed by atoms with van der Waals surface area (Å²) in [4.78, 5) is 41.3. The molecular formula is C15H15N3O3. The summed E-state index contributed by atoms with van der Waals surface area (Å²) in [7, 11) is 0. The lowest BCUT2D eigenvalue weighted by Gasteiger charge is -2.24. The summed E-state index contributed by atoms with van der Waals surface area (Å²) in [6.45, 7) is 1.35. The van der Waals surface area contributed by atoms with Crippen molar-refractivity contribution in [2.24, 2.45) is 0 Å². The van der Waals surface area contributed by atoms with E-state index in [2.05, 4.69) is 4.98 Å². The summed E-state index contributed by atoms with van der Waals surface area (Å²) in [5.41, 5.74) is 4.96. The van der Waals surface area contributed by atoms with Crippen LogP contribution in [0.5, 0.6) is 0 Å². The molecule has 3 rings (SSSR count). The highest BCUT2D eigenvalue weighted by atomic mass is 16.2. The monoisotopic (exact) mass is 290 g/mol. The molecule has 6 heteroatoms. The van der Waals surface area contributed by atoms with E-state index in [-0.39, 0.29) is 28.5 Å². The molecule has 1 heterocycles. The summed E-state index contributed by atoms with van der Waals surface area (Å²) < 4.78 is 40.3. The fourth-order valence-corrected chi connectivity index (χ4v) is 2.34. The number of carbonyl (C=O) groups excluding carboxylic acids is 2. The Morgan fingerprint density at radius 2 is 2.24 bits per heavy atom. The van der Waals surface area contributed by atoms with Gasteiger partial charge in [0.1, 0.15) is 11.6 Å². The van der Waals surface area contributed by atoms with Crippen molar-refractivity contribution in [3.8, 4) is 0 Å². The molecule has 0 aliphatic heterocycles. The molecule has 108 valence electrons. The number of aromatic nitrogens is 2. The van der Waals surface area contributed by atoms with Gasteiger partial charge in [-0.3, -0.25) is 19.0 Å². The maximum atomic E-state index is 13.0. The van der Waals surface area contributed by atoms with E-state index in [0.29, 0.717) is 0 Å². The Labute approximate surface area is 127 Å². The molecule has 1 fully saturated rings. The minimum Gasteiger partial charge on any atom is -0.398 e. The molecule has 21 heavy (non-hydrogen) atoms. The van der Waals surface area contributed by atoms with E-state index in [1.54, 1.807) is 0 Å². The molecule has 1 aromatic heterocycles. The van der Waals surface area contributed by atoms with Crippen LogP contribution in [0.15, 0.2) is 23.0 Å². The van der Waals surface area contributed by atoms with Gasteiger partial charge >= 0.3 is 0 Å². The van der Waals surface area contributed by atoms with Gasteiger partial charge in [0.15, 0.2) is 5.78 Å². The fraction of sp³-hybridized carbons (Fsp3) is 0.333. The molecule has 0 radical (unpaired) electrons. The van der Waals surface area contributed by atoms with Crippen molar-refractivity contribution in [2.45, 2.75) is 32.1 Å². The van der Waals surface area contributed by atoms with Gasteiger partial charge in [-0.1, -0.05) is 6.07 Å². The first-order chi connectivity index (χ1) is 11.9. The number of nitrogens with two attached hydrogens (primary N) is 1. The topological polar surface area (TPSA) is 95.0 Å². The molecule has 0 saturated heterocycles. The molecule has 1 atom stereocenters. The van der Waals surface area contributed by atoms with Gasteiger partial charge < -0.3 is 5.73 Å². The first-order valence-electron chi connectivity index (χ1n) is 8.75. The van der Waals surface area contributed by atoms with Crippen LogP contribution in [0, 0.1) is 6.92 Å². The molecule has 1 aromatic carbocycles. The number of rotatable bonds is 1. The summed E-state index contributed by atoms with van der Waals surface area (Å²) in [6.07, 6.45) is -6.74. The number of Topliss-reactive ketones (excluding diaryl/α,β-unsaturated/α-hetero) is 2. The van der Waals surface area contributed by atoms with Crippen LogP contribution in [-0.2, 0) is 9.59 Å². The molecule has 1 saturated carbocycles. The Hall–Kier alpha value is -2.50. The van der Waals surface area contributed by atoms with E-state index in [0.717, 1.165) is 4.57 Å². The molecule has 1 aliphatic carbocycles. The Balaban J connectivity index is 2.39. The summed E-state index contributed by atoms with van der Waals surface area (Å²) >= 11 is 0. The molecule has 1 aliphatic rings. The van der Waals surface area contributed by atoms with Gasteiger partial charge in [0.25, 0.3) is 5.56 Å². The number of carbonyl (C=O) groups is 2. The van der Waals surface area contributed by atoms with Gasteiger partial charge in [-0.05, 0) is 25.4 Å². The highest BCUT2D eigenvalue weighted by Gasteiger charge is 2.30. The summed E-state index contributed by atoms with van der Waals surface area (Å²) in [5, 5.41) is -0.149. The van der Waals surface area contributed by atoms with Crippen molar-refractivity contribution in [2.75, 3.05) is 5.73 Å². The molecule has 0 bridgehead atoms. The van der Waals surface area contributed by atoms with Crippen LogP contribution >= 0.6 is 0 Å². The van der Waals surface area contributed by atoms with E-state index in [9.17, 15) is 14.4 Å². The second-order valence-corrected chi connectivity index (χ2v) is 4.73. The maximum Gasteiger partial charge on any atom is 0.264 e. The Kier molecular flexibility index (Phi) is 1.99. The lowest BCUT2D eigenvalue weighted by molar-refractivity contribution is -0.132. The molecule has 2 aromatic rings. The zero-order valence-electron chi connectivity index (χ0n) is 16.1. The van der Waals surface area contributed by atoms with Crippen LogP contribution in [0.25, 0.3) is 10.9 Å². The second kappa shape index (κ2) is 4.80. The first-order valence-corrected chi connectivity index (χ1v) is 6.25. The molecular weight excluding hydrogens is 270 g/mol. The third kappa shape index (κ3) is 2.12. The molecule has 2 N–H and O–H groups in total. The maximum absolute atomic E-state index is 13.0. The summed E-state index contributed by atoms with van der Waals surface area (Å²) in [5.74, 6) is -2.16. The zero-order valence-corrected chi connectivity index (χ0v) is 11.1. The Bertz CT molecular complexity index is 1030. The number of aryl methyl sites for hydroxylation is 1. The number of ketones is 2. The van der Waals surface area contributed by atoms with Crippen molar-refractivity contribution in [3.63, 3.8) is 0 Å². The SMILES string of the molecule is [2H]c1ccc(N)c2c(=O)n(C3C(=O)CC(=O)C([2H])([2H])C3([2H])[2H])c(C)nc12. The van der Waals surface area contributed by atoms with E-state index >= 15 is 0 Å². The van der Waals surface area contributed by atoms with Gasteiger partial charge in [0.2, 0.25) is 0 Å².